The van der Waals surface area contributed by atoms with Crippen LogP contribution in [0, 0.1) is 0 Å². The third-order valence-corrected chi connectivity index (χ3v) is 4.29. The Kier molecular flexibility index (Phi) is 2.26. The van der Waals surface area contributed by atoms with E-state index in [9.17, 15) is 4.79 Å². The third-order valence-electron chi connectivity index (χ3n) is 4.29. The largest absolute Gasteiger partial charge is 0.451 e. The maximum atomic E-state index is 12.7. The van der Waals surface area contributed by atoms with Gasteiger partial charge in [-0.3, -0.25) is 4.79 Å². The molecule has 0 radical (unpaired) electrons. The van der Waals surface area contributed by atoms with Crippen LogP contribution in [0.4, 0.5) is 5.69 Å². The zero-order valence-electron chi connectivity index (χ0n) is 12.1. The second kappa shape index (κ2) is 4.20. The number of rotatable bonds is 0. The van der Waals surface area contributed by atoms with E-state index in [0.29, 0.717) is 11.4 Å². The van der Waals surface area contributed by atoms with Crippen LogP contribution in [0.2, 0.25) is 0 Å². The summed E-state index contributed by atoms with van der Waals surface area (Å²) in [6.45, 7) is 0. The highest BCUT2D eigenvalue weighted by atomic mass is 16.5. The van der Waals surface area contributed by atoms with Gasteiger partial charge in [0.25, 0.3) is 5.91 Å². The number of para-hydroxylation sites is 1. The molecule has 4 nitrogen and oxygen atoms in total. The minimum absolute atomic E-state index is 0.266. The summed E-state index contributed by atoms with van der Waals surface area (Å²) >= 11 is 0. The molecule has 110 valence electrons. The molecule has 2 heterocycles. The molecule has 1 spiro atoms. The van der Waals surface area contributed by atoms with Gasteiger partial charge in [0, 0.05) is 16.7 Å². The topological polar surface area (TPSA) is 50.7 Å². The second-order valence-electron chi connectivity index (χ2n) is 5.73. The molecule has 0 fully saturated rings. The van der Waals surface area contributed by atoms with Gasteiger partial charge in [-0.2, -0.15) is 0 Å². The standard InChI is InChI=1S/C19H12N2O2/c22-18-19(11-13-6-2-4-8-15(13)21-19)23-16-10-9-12-5-1-3-7-14(12)17(16)20-18/h1-11H,(H,20,22). The molecule has 3 aromatic carbocycles. The summed E-state index contributed by atoms with van der Waals surface area (Å²) in [6, 6.07) is 19.4. The molecule has 1 amide bonds. The van der Waals surface area contributed by atoms with Crippen LogP contribution < -0.4 is 20.6 Å². The summed E-state index contributed by atoms with van der Waals surface area (Å²) in [5, 5.41) is 6.68. The lowest BCUT2D eigenvalue weighted by atomic mass is 10.0. The molecule has 3 aromatic rings. The summed E-state index contributed by atoms with van der Waals surface area (Å²) in [6.07, 6.45) is 1.77. The number of benzene rings is 3. The van der Waals surface area contributed by atoms with Crippen molar-refractivity contribution in [2.24, 2.45) is 4.99 Å². The van der Waals surface area contributed by atoms with E-state index in [2.05, 4.69) is 10.3 Å². The zero-order chi connectivity index (χ0) is 15.4. The SMILES string of the molecule is O=C1Nc2c(ccc3ccccc23)OC12C=c1ccccc1=N2. The first-order valence-corrected chi connectivity index (χ1v) is 7.45. The number of nitrogens with zero attached hydrogens (tertiary/aromatic N) is 1. The van der Waals surface area contributed by atoms with Crippen LogP contribution in [-0.2, 0) is 4.79 Å². The third kappa shape index (κ3) is 1.66. The maximum absolute atomic E-state index is 12.7. The van der Waals surface area contributed by atoms with Gasteiger partial charge in [-0.15, -0.1) is 0 Å². The Balaban J connectivity index is 1.72. The van der Waals surface area contributed by atoms with Gasteiger partial charge in [0.2, 0.25) is 0 Å². The highest BCUT2D eigenvalue weighted by molar-refractivity contribution is 6.11. The quantitative estimate of drug-likeness (QED) is 0.690. The Hall–Kier alpha value is -3.14. The fourth-order valence-corrected chi connectivity index (χ4v) is 3.18. The van der Waals surface area contributed by atoms with E-state index in [1.807, 2.05) is 60.7 Å². The van der Waals surface area contributed by atoms with E-state index in [0.717, 1.165) is 21.3 Å². The number of hydrogen-bond acceptors (Lipinski definition) is 3. The van der Waals surface area contributed by atoms with Crippen molar-refractivity contribution in [3.8, 4) is 5.75 Å². The Labute approximate surface area is 131 Å². The summed E-state index contributed by atoms with van der Waals surface area (Å²) in [5.74, 6) is 0.369. The molecule has 0 aliphatic carbocycles. The molecular weight excluding hydrogens is 288 g/mol. The minimum Gasteiger partial charge on any atom is -0.451 e. The fraction of sp³-hybridized carbons (Fsp3) is 0.0526. The summed E-state index contributed by atoms with van der Waals surface area (Å²) in [7, 11) is 0. The predicted octanol–water partition coefficient (Wildman–Crippen LogP) is 1.98. The van der Waals surface area contributed by atoms with Crippen LogP contribution in [0.15, 0.2) is 65.7 Å². The molecule has 1 unspecified atom stereocenters. The molecule has 1 atom stereocenters. The summed E-state index contributed by atoms with van der Waals surface area (Å²) in [4.78, 5) is 17.2. The van der Waals surface area contributed by atoms with E-state index in [4.69, 9.17) is 4.74 Å². The van der Waals surface area contributed by atoms with Crippen molar-refractivity contribution in [1.29, 1.82) is 0 Å². The minimum atomic E-state index is -1.31. The highest BCUT2D eigenvalue weighted by Crippen LogP contribution is 2.40. The molecule has 4 heteroatoms. The second-order valence-corrected chi connectivity index (χ2v) is 5.73. The lowest BCUT2D eigenvalue weighted by molar-refractivity contribution is -0.127. The van der Waals surface area contributed by atoms with Crippen molar-refractivity contribution in [1.82, 2.24) is 0 Å². The van der Waals surface area contributed by atoms with Crippen molar-refractivity contribution < 1.29 is 9.53 Å². The predicted molar refractivity (Wildman–Crippen MR) is 87.6 cm³/mol. The first-order valence-electron chi connectivity index (χ1n) is 7.45. The smallest absolute Gasteiger partial charge is 0.300 e. The van der Waals surface area contributed by atoms with Gasteiger partial charge >= 0.3 is 5.72 Å². The van der Waals surface area contributed by atoms with E-state index in [1.165, 1.54) is 0 Å². The van der Waals surface area contributed by atoms with E-state index >= 15 is 0 Å². The van der Waals surface area contributed by atoms with Gasteiger partial charge in [-0.05, 0) is 17.5 Å². The van der Waals surface area contributed by atoms with Crippen LogP contribution in [0.5, 0.6) is 5.75 Å². The van der Waals surface area contributed by atoms with Crippen molar-refractivity contribution in [2.75, 3.05) is 5.32 Å². The molecule has 0 aromatic heterocycles. The van der Waals surface area contributed by atoms with Crippen molar-refractivity contribution in [2.45, 2.75) is 5.72 Å². The number of ether oxygens (including phenoxy) is 1. The van der Waals surface area contributed by atoms with Gasteiger partial charge in [-0.25, -0.2) is 4.99 Å². The average molecular weight is 300 g/mol. The normalized spacial score (nSPS) is 21.0. The number of hydrogen-bond donors (Lipinski definition) is 1. The van der Waals surface area contributed by atoms with Gasteiger partial charge in [-0.1, -0.05) is 48.5 Å². The molecular formula is C19H12N2O2. The Morgan fingerprint density at radius 1 is 0.957 bits per heavy atom. The van der Waals surface area contributed by atoms with Crippen molar-refractivity contribution >= 4 is 28.4 Å². The molecule has 5 rings (SSSR count). The molecule has 0 bridgehead atoms. The number of fused-ring (bicyclic) bond motifs is 4. The lowest BCUT2D eigenvalue weighted by Crippen LogP contribution is -2.47. The monoisotopic (exact) mass is 300 g/mol. The maximum Gasteiger partial charge on any atom is 0.300 e. The molecule has 0 saturated heterocycles. The molecule has 0 saturated carbocycles. The van der Waals surface area contributed by atoms with E-state index in [1.54, 1.807) is 6.08 Å². The average Bonchev–Trinajstić information content (AvgIpc) is 2.95. The van der Waals surface area contributed by atoms with E-state index in [-0.39, 0.29) is 5.91 Å². The van der Waals surface area contributed by atoms with Gasteiger partial charge in [0.15, 0.2) is 0 Å². The molecule has 23 heavy (non-hydrogen) atoms. The van der Waals surface area contributed by atoms with Crippen LogP contribution >= 0.6 is 0 Å². The number of nitrogens with one attached hydrogen (secondary N) is 1. The van der Waals surface area contributed by atoms with E-state index < -0.39 is 5.72 Å². The molecule has 2 aliphatic heterocycles. The van der Waals surface area contributed by atoms with Gasteiger partial charge < -0.3 is 10.1 Å². The number of carbonyl (C=O) groups is 1. The zero-order valence-corrected chi connectivity index (χ0v) is 12.1. The fourth-order valence-electron chi connectivity index (χ4n) is 3.18. The number of anilines is 1. The Bertz CT molecular complexity index is 1070. The Morgan fingerprint density at radius 3 is 2.70 bits per heavy atom. The van der Waals surface area contributed by atoms with Crippen LogP contribution in [0.3, 0.4) is 0 Å². The summed E-state index contributed by atoms with van der Waals surface area (Å²) < 4.78 is 6.05. The van der Waals surface area contributed by atoms with Crippen LogP contribution in [0.1, 0.15) is 0 Å². The van der Waals surface area contributed by atoms with Gasteiger partial charge in [0.05, 0.1) is 11.0 Å². The van der Waals surface area contributed by atoms with Crippen molar-refractivity contribution in [3.63, 3.8) is 0 Å². The van der Waals surface area contributed by atoms with Gasteiger partial charge in [0.1, 0.15) is 5.75 Å². The molecule has 1 N–H and O–H groups in total. The Morgan fingerprint density at radius 2 is 1.78 bits per heavy atom. The number of amides is 1. The van der Waals surface area contributed by atoms with Crippen LogP contribution in [-0.4, -0.2) is 11.6 Å². The summed E-state index contributed by atoms with van der Waals surface area (Å²) in [5.41, 5.74) is -0.600. The first-order chi connectivity index (χ1) is 11.3. The first kappa shape index (κ1) is 12.4. The highest BCUT2D eigenvalue weighted by Gasteiger charge is 2.44. The molecule has 2 aliphatic rings. The van der Waals surface area contributed by atoms with Crippen LogP contribution in [0.25, 0.3) is 16.8 Å². The number of carbonyl (C=O) groups excluding carboxylic acids is 1. The lowest BCUT2D eigenvalue weighted by Gasteiger charge is -2.31. The van der Waals surface area contributed by atoms with Crippen molar-refractivity contribution in [3.05, 3.63) is 71.2 Å².